The van der Waals surface area contributed by atoms with Crippen LogP contribution < -0.4 is 10.7 Å². The fraction of sp³-hybridized carbons (Fsp3) is 0.242. The Morgan fingerprint density at radius 2 is 1.77 bits per heavy atom. The van der Waals surface area contributed by atoms with Crippen LogP contribution >= 0.6 is 11.8 Å². The summed E-state index contributed by atoms with van der Waals surface area (Å²) in [6.45, 7) is -0.280. The molecule has 0 aliphatic carbocycles. The number of ether oxygens (including phenoxy) is 1. The number of hydrogen-bond donors (Lipinski definition) is 2. The molecule has 2 aliphatic heterocycles. The van der Waals surface area contributed by atoms with Crippen LogP contribution in [0, 0.1) is 11.6 Å². The quantitative estimate of drug-likeness (QED) is 0.290. The Morgan fingerprint density at radius 3 is 2.45 bits per heavy atom. The third kappa shape index (κ3) is 4.95. The molecule has 6 rings (SSSR count). The van der Waals surface area contributed by atoms with Crippen molar-refractivity contribution >= 4 is 23.6 Å². The van der Waals surface area contributed by atoms with Crippen molar-refractivity contribution < 1.29 is 28.2 Å². The van der Waals surface area contributed by atoms with Gasteiger partial charge in [0.05, 0.1) is 6.54 Å². The molecule has 0 spiro atoms. The Balaban J connectivity index is 1.41. The van der Waals surface area contributed by atoms with E-state index >= 15 is 0 Å². The lowest BCUT2D eigenvalue weighted by molar-refractivity contribution is -0.0157. The molecule has 1 saturated heterocycles. The number of hydrogen-bond acceptors (Lipinski definition) is 6. The maximum absolute atomic E-state index is 14.4. The van der Waals surface area contributed by atoms with Crippen molar-refractivity contribution in [2.45, 2.75) is 37.4 Å². The van der Waals surface area contributed by atoms with E-state index in [1.54, 1.807) is 16.7 Å². The molecule has 0 saturated carbocycles. The van der Waals surface area contributed by atoms with E-state index in [1.807, 2.05) is 66.9 Å². The molecule has 2 N–H and O–H groups in total. The average molecular weight is 618 g/mol. The van der Waals surface area contributed by atoms with E-state index in [0.717, 1.165) is 17.2 Å². The Hall–Kier alpha value is -4.48. The first-order valence-electron chi connectivity index (χ1n) is 14.0. The molecule has 1 unspecified atom stereocenters. The van der Waals surface area contributed by atoms with Gasteiger partial charge in [-0.25, -0.2) is 8.78 Å². The van der Waals surface area contributed by atoms with Gasteiger partial charge in [-0.3, -0.25) is 19.3 Å². The van der Waals surface area contributed by atoms with Gasteiger partial charge in [0.2, 0.25) is 5.43 Å². The van der Waals surface area contributed by atoms with Crippen LogP contribution in [0.25, 0.3) is 0 Å². The second-order valence-electron chi connectivity index (χ2n) is 10.7. The molecule has 4 aromatic rings. The number of aromatic nitrogens is 1. The van der Waals surface area contributed by atoms with Gasteiger partial charge in [-0.15, -0.1) is 0 Å². The molecule has 11 heteroatoms. The first kappa shape index (κ1) is 29.6. The van der Waals surface area contributed by atoms with Crippen molar-refractivity contribution in [2.75, 3.05) is 12.0 Å². The van der Waals surface area contributed by atoms with E-state index in [1.165, 1.54) is 16.8 Å². The highest BCUT2D eigenvalue weighted by atomic mass is 32.2. The number of aromatic hydroxyl groups is 1. The number of amides is 2. The summed E-state index contributed by atoms with van der Waals surface area (Å²) in [5, 5.41) is 13.6. The predicted molar refractivity (Wildman–Crippen MR) is 161 cm³/mol. The number of nitrogens with zero attached hydrogens (tertiary/aromatic N) is 2. The van der Waals surface area contributed by atoms with Crippen molar-refractivity contribution in [1.82, 2.24) is 14.8 Å². The van der Waals surface area contributed by atoms with Crippen LogP contribution in [0.15, 0.2) is 89.9 Å². The molecule has 3 aromatic carbocycles. The summed E-state index contributed by atoms with van der Waals surface area (Å²) < 4.78 is 35.4. The molecule has 3 atom stereocenters. The molecule has 2 aliphatic rings. The lowest BCUT2D eigenvalue weighted by Crippen LogP contribution is -2.55. The van der Waals surface area contributed by atoms with Gasteiger partial charge in [0.1, 0.15) is 28.8 Å². The standard InChI is InChI=1S/C33H29F2N3O5S/c1-44-15-14-33(22-10-6-3-7-11-22)30(20-8-4-2-5-9-20)43-26-19-37-18-24(28(39)29(40)27(37)32(42)38(26)33)31(41)36-17-21-12-13-23(34)16-25(21)35/h2-13,16,18,26,30,40H,14-15,17,19H2,1H3,(H,36,41)/t26-,30?,33+/m1/s1. The average Bonchev–Trinajstić information content (AvgIpc) is 3.37. The number of carbonyl (C=O) groups is 2. The van der Waals surface area contributed by atoms with Crippen LogP contribution in [0.5, 0.6) is 5.75 Å². The number of pyridine rings is 1. The Bertz CT molecular complexity index is 1790. The second kappa shape index (κ2) is 11.9. The van der Waals surface area contributed by atoms with Gasteiger partial charge in [-0.2, -0.15) is 11.8 Å². The molecule has 8 nitrogen and oxygen atoms in total. The molecule has 226 valence electrons. The highest BCUT2D eigenvalue weighted by Gasteiger charge is 2.60. The lowest BCUT2D eigenvalue weighted by atomic mass is 9.78. The molecular weight excluding hydrogens is 588 g/mol. The topological polar surface area (TPSA) is 101 Å². The van der Waals surface area contributed by atoms with Gasteiger partial charge in [0, 0.05) is 24.4 Å². The predicted octanol–water partition coefficient (Wildman–Crippen LogP) is 4.96. The third-order valence-corrected chi connectivity index (χ3v) is 8.85. The summed E-state index contributed by atoms with van der Waals surface area (Å²) in [6.07, 6.45) is 2.39. The molecule has 44 heavy (non-hydrogen) atoms. The Kier molecular flexibility index (Phi) is 8.00. The SMILES string of the molecule is CSCC[C@]1(c2ccccc2)C(c2ccccc2)O[C@@H]2Cn3cc(C(=O)NCc4ccc(F)cc4F)c(=O)c(O)c3C(=O)N21. The van der Waals surface area contributed by atoms with Gasteiger partial charge >= 0.3 is 0 Å². The van der Waals surface area contributed by atoms with E-state index in [9.17, 15) is 28.3 Å². The normalized spacial score (nSPS) is 20.7. The van der Waals surface area contributed by atoms with Gasteiger partial charge in [-0.05, 0) is 35.6 Å². The molecule has 1 aromatic heterocycles. The van der Waals surface area contributed by atoms with Crippen molar-refractivity contribution in [1.29, 1.82) is 0 Å². The van der Waals surface area contributed by atoms with Gasteiger partial charge in [-0.1, -0.05) is 66.7 Å². The van der Waals surface area contributed by atoms with Crippen LogP contribution in [0.4, 0.5) is 8.78 Å². The van der Waals surface area contributed by atoms with Crippen molar-refractivity contribution in [3.63, 3.8) is 0 Å². The summed E-state index contributed by atoms with van der Waals surface area (Å²) in [7, 11) is 0. The van der Waals surface area contributed by atoms with E-state index < -0.39 is 58.1 Å². The second-order valence-corrected chi connectivity index (χ2v) is 11.7. The monoisotopic (exact) mass is 617 g/mol. The highest BCUT2D eigenvalue weighted by molar-refractivity contribution is 7.98. The van der Waals surface area contributed by atoms with Gasteiger partial charge in [0.15, 0.2) is 17.7 Å². The third-order valence-electron chi connectivity index (χ3n) is 8.24. The number of thioether (sulfide) groups is 1. The molecule has 0 bridgehead atoms. The zero-order valence-electron chi connectivity index (χ0n) is 23.7. The van der Waals surface area contributed by atoms with Crippen molar-refractivity contribution in [3.8, 4) is 5.75 Å². The van der Waals surface area contributed by atoms with E-state index in [2.05, 4.69) is 5.32 Å². The number of fused-ring (bicyclic) bond motifs is 2. The van der Waals surface area contributed by atoms with Crippen molar-refractivity contribution in [3.05, 3.63) is 135 Å². The summed E-state index contributed by atoms with van der Waals surface area (Å²) >= 11 is 1.64. The molecule has 1 fully saturated rings. The van der Waals surface area contributed by atoms with Crippen LogP contribution in [0.2, 0.25) is 0 Å². The zero-order chi connectivity index (χ0) is 31.0. The number of benzene rings is 3. The highest BCUT2D eigenvalue weighted by Crippen LogP contribution is 2.54. The first-order chi connectivity index (χ1) is 21.3. The van der Waals surface area contributed by atoms with Crippen molar-refractivity contribution in [2.24, 2.45) is 0 Å². The van der Waals surface area contributed by atoms with Crippen LogP contribution in [-0.4, -0.2) is 44.6 Å². The number of rotatable bonds is 8. The fourth-order valence-corrected chi connectivity index (χ4v) is 6.72. The molecular formula is C33H29F2N3O5S. The summed E-state index contributed by atoms with van der Waals surface area (Å²) in [4.78, 5) is 42.4. The first-order valence-corrected chi connectivity index (χ1v) is 15.4. The molecule has 3 heterocycles. The van der Waals surface area contributed by atoms with Gasteiger partial charge < -0.3 is 19.7 Å². The molecule has 0 radical (unpaired) electrons. The van der Waals surface area contributed by atoms with E-state index in [4.69, 9.17) is 4.74 Å². The Labute approximate surface area is 256 Å². The number of halogens is 2. The number of nitrogens with one attached hydrogen (secondary N) is 1. The largest absolute Gasteiger partial charge is 0.503 e. The lowest BCUT2D eigenvalue weighted by Gasteiger charge is -2.44. The zero-order valence-corrected chi connectivity index (χ0v) is 24.5. The summed E-state index contributed by atoms with van der Waals surface area (Å²) in [5.74, 6) is -3.25. The van der Waals surface area contributed by atoms with Crippen LogP contribution in [0.1, 0.15) is 50.1 Å². The van der Waals surface area contributed by atoms with E-state index in [0.29, 0.717) is 18.2 Å². The van der Waals surface area contributed by atoms with Crippen LogP contribution in [-0.2, 0) is 23.4 Å². The molecule has 2 amide bonds. The summed E-state index contributed by atoms with van der Waals surface area (Å²) in [5.41, 5.74) is -0.917. The number of carbonyl (C=O) groups excluding carboxylic acids is 2. The Morgan fingerprint density at radius 1 is 1.07 bits per heavy atom. The minimum Gasteiger partial charge on any atom is -0.503 e. The van der Waals surface area contributed by atoms with Gasteiger partial charge in [0.25, 0.3) is 11.8 Å². The maximum atomic E-state index is 14.4. The van der Waals surface area contributed by atoms with E-state index in [-0.39, 0.29) is 24.3 Å². The fourth-order valence-electron chi connectivity index (χ4n) is 6.20. The minimum atomic E-state index is -1.03. The summed E-state index contributed by atoms with van der Waals surface area (Å²) in [6, 6.07) is 22.2. The van der Waals surface area contributed by atoms with Crippen LogP contribution in [0.3, 0.4) is 0 Å². The minimum absolute atomic E-state index is 0.0154. The smallest absolute Gasteiger partial charge is 0.277 e. The maximum Gasteiger partial charge on any atom is 0.277 e.